The van der Waals surface area contributed by atoms with Gasteiger partial charge in [0, 0.05) is 13.7 Å². The number of methoxy groups -OCH3 is 1. The molecule has 0 aromatic rings. The van der Waals surface area contributed by atoms with Crippen molar-refractivity contribution < 1.29 is 4.74 Å². The van der Waals surface area contributed by atoms with E-state index in [9.17, 15) is 0 Å². The molecule has 0 unspecified atom stereocenters. The van der Waals surface area contributed by atoms with Crippen LogP contribution in [0.25, 0.3) is 0 Å². The van der Waals surface area contributed by atoms with E-state index in [-0.39, 0.29) is 0 Å². The summed E-state index contributed by atoms with van der Waals surface area (Å²) < 4.78 is 4.94. The molecular weight excluding hydrogens is 176 g/mol. The molecule has 86 valence electrons. The molecule has 0 fully saturated rings. The summed E-state index contributed by atoms with van der Waals surface area (Å²) >= 11 is 0. The van der Waals surface area contributed by atoms with E-state index >= 15 is 0 Å². The molecule has 0 aromatic heterocycles. The molecule has 0 rings (SSSR count). The molecule has 0 aliphatic carbocycles. The number of hydrogen-bond acceptors (Lipinski definition) is 3. The van der Waals surface area contributed by atoms with Crippen LogP contribution < -0.4 is 10.6 Å². The van der Waals surface area contributed by atoms with Crippen LogP contribution in [-0.2, 0) is 4.74 Å². The summed E-state index contributed by atoms with van der Waals surface area (Å²) in [5.74, 6) is 0.808. The second-order valence-electron chi connectivity index (χ2n) is 4.03. The van der Waals surface area contributed by atoms with Crippen molar-refractivity contribution in [3.8, 4) is 0 Å². The van der Waals surface area contributed by atoms with Crippen LogP contribution in [0.15, 0.2) is 0 Å². The molecule has 0 aliphatic heterocycles. The van der Waals surface area contributed by atoms with Crippen LogP contribution in [0.4, 0.5) is 0 Å². The molecule has 0 atom stereocenters. The zero-order chi connectivity index (χ0) is 10.6. The van der Waals surface area contributed by atoms with Crippen LogP contribution in [0.2, 0.25) is 0 Å². The minimum absolute atomic E-state index is 0.806. The monoisotopic (exact) mass is 202 g/mol. The molecule has 0 aliphatic rings. The van der Waals surface area contributed by atoms with Crippen LogP contribution in [0, 0.1) is 5.92 Å². The Bertz CT molecular complexity index is 107. The summed E-state index contributed by atoms with van der Waals surface area (Å²) in [5, 5.41) is 6.76. The predicted molar refractivity (Wildman–Crippen MR) is 61.7 cm³/mol. The van der Waals surface area contributed by atoms with Gasteiger partial charge < -0.3 is 15.4 Å². The van der Waals surface area contributed by atoms with Gasteiger partial charge in [-0.1, -0.05) is 13.8 Å². The first-order chi connectivity index (χ1) is 6.77. The SMILES string of the molecule is COCCNCCCNCCC(C)C. The van der Waals surface area contributed by atoms with Crippen LogP contribution >= 0.6 is 0 Å². The van der Waals surface area contributed by atoms with Crippen molar-refractivity contribution >= 4 is 0 Å². The molecule has 0 radical (unpaired) electrons. The normalized spacial score (nSPS) is 11.1. The molecule has 0 bridgehead atoms. The molecule has 0 aromatic carbocycles. The van der Waals surface area contributed by atoms with Gasteiger partial charge >= 0.3 is 0 Å². The smallest absolute Gasteiger partial charge is 0.0587 e. The summed E-state index contributed by atoms with van der Waals surface area (Å²) in [6.07, 6.45) is 2.47. The number of hydrogen-bond donors (Lipinski definition) is 2. The van der Waals surface area contributed by atoms with Crippen molar-refractivity contribution in [1.82, 2.24) is 10.6 Å². The van der Waals surface area contributed by atoms with Gasteiger partial charge in [0.25, 0.3) is 0 Å². The minimum atomic E-state index is 0.806. The average molecular weight is 202 g/mol. The van der Waals surface area contributed by atoms with E-state index in [0.29, 0.717) is 0 Å². The highest BCUT2D eigenvalue weighted by atomic mass is 16.5. The third kappa shape index (κ3) is 11.9. The van der Waals surface area contributed by atoms with Crippen molar-refractivity contribution in [2.45, 2.75) is 26.7 Å². The molecular formula is C11H26N2O. The fourth-order valence-corrected chi connectivity index (χ4v) is 1.15. The van der Waals surface area contributed by atoms with E-state index in [1.54, 1.807) is 7.11 Å². The number of nitrogens with one attached hydrogen (secondary N) is 2. The zero-order valence-electron chi connectivity index (χ0n) is 9.94. The van der Waals surface area contributed by atoms with Crippen LogP contribution in [0.3, 0.4) is 0 Å². The van der Waals surface area contributed by atoms with Gasteiger partial charge in [-0.25, -0.2) is 0 Å². The Balaban J connectivity index is 2.85. The number of ether oxygens (including phenoxy) is 1. The molecule has 3 heteroatoms. The van der Waals surface area contributed by atoms with E-state index < -0.39 is 0 Å². The molecule has 0 saturated carbocycles. The van der Waals surface area contributed by atoms with Gasteiger partial charge in [-0.3, -0.25) is 0 Å². The van der Waals surface area contributed by atoms with E-state index in [1.807, 2.05) is 0 Å². The van der Waals surface area contributed by atoms with Gasteiger partial charge in [0.1, 0.15) is 0 Å². The largest absolute Gasteiger partial charge is 0.383 e. The fraction of sp³-hybridized carbons (Fsp3) is 1.00. The van der Waals surface area contributed by atoms with Gasteiger partial charge in [0.05, 0.1) is 6.61 Å². The molecule has 0 spiro atoms. The van der Waals surface area contributed by atoms with E-state index in [4.69, 9.17) is 4.74 Å². The lowest BCUT2D eigenvalue weighted by atomic mass is 10.1. The third-order valence-electron chi connectivity index (χ3n) is 2.09. The van der Waals surface area contributed by atoms with Crippen molar-refractivity contribution in [2.24, 2.45) is 5.92 Å². The quantitative estimate of drug-likeness (QED) is 0.523. The Morgan fingerprint density at radius 2 is 1.64 bits per heavy atom. The van der Waals surface area contributed by atoms with Crippen molar-refractivity contribution in [1.29, 1.82) is 0 Å². The molecule has 0 saturated heterocycles. The molecule has 0 heterocycles. The van der Waals surface area contributed by atoms with Gasteiger partial charge in [0.15, 0.2) is 0 Å². The topological polar surface area (TPSA) is 33.3 Å². The van der Waals surface area contributed by atoms with Gasteiger partial charge in [-0.2, -0.15) is 0 Å². The highest BCUT2D eigenvalue weighted by Gasteiger charge is 1.92. The Morgan fingerprint density at radius 1 is 1.00 bits per heavy atom. The summed E-state index contributed by atoms with van der Waals surface area (Å²) in [4.78, 5) is 0. The first-order valence-electron chi connectivity index (χ1n) is 5.67. The molecule has 0 amide bonds. The molecule has 14 heavy (non-hydrogen) atoms. The van der Waals surface area contributed by atoms with Crippen LogP contribution in [-0.4, -0.2) is 39.9 Å². The Hall–Kier alpha value is -0.120. The van der Waals surface area contributed by atoms with Gasteiger partial charge in [-0.05, 0) is 38.4 Å². The second-order valence-corrected chi connectivity index (χ2v) is 4.03. The summed E-state index contributed by atoms with van der Waals surface area (Å²) in [6, 6.07) is 0. The van der Waals surface area contributed by atoms with Crippen molar-refractivity contribution in [2.75, 3.05) is 39.9 Å². The maximum absolute atomic E-state index is 4.94. The third-order valence-corrected chi connectivity index (χ3v) is 2.09. The van der Waals surface area contributed by atoms with Gasteiger partial charge in [-0.15, -0.1) is 0 Å². The van der Waals surface area contributed by atoms with Crippen LogP contribution in [0.5, 0.6) is 0 Å². The summed E-state index contributed by atoms with van der Waals surface area (Å²) in [7, 11) is 1.73. The molecule has 3 nitrogen and oxygen atoms in total. The zero-order valence-corrected chi connectivity index (χ0v) is 9.94. The average Bonchev–Trinajstić information content (AvgIpc) is 2.15. The van der Waals surface area contributed by atoms with E-state index in [2.05, 4.69) is 24.5 Å². The van der Waals surface area contributed by atoms with E-state index in [1.165, 1.54) is 12.8 Å². The fourth-order valence-electron chi connectivity index (χ4n) is 1.15. The molecule has 2 N–H and O–H groups in total. The second kappa shape index (κ2) is 11.0. The Morgan fingerprint density at radius 3 is 2.21 bits per heavy atom. The summed E-state index contributed by atoms with van der Waals surface area (Å²) in [6.45, 7) is 9.63. The minimum Gasteiger partial charge on any atom is -0.383 e. The first-order valence-corrected chi connectivity index (χ1v) is 5.67. The lowest BCUT2D eigenvalue weighted by molar-refractivity contribution is 0.199. The standard InChI is InChI=1S/C11H26N2O/c1-11(2)5-8-12-6-4-7-13-9-10-14-3/h11-13H,4-10H2,1-3H3. The van der Waals surface area contributed by atoms with Gasteiger partial charge in [0.2, 0.25) is 0 Å². The number of rotatable bonds is 10. The highest BCUT2D eigenvalue weighted by Crippen LogP contribution is 1.95. The van der Waals surface area contributed by atoms with Crippen molar-refractivity contribution in [3.05, 3.63) is 0 Å². The Labute approximate surface area is 88.6 Å². The van der Waals surface area contributed by atoms with Crippen molar-refractivity contribution in [3.63, 3.8) is 0 Å². The highest BCUT2D eigenvalue weighted by molar-refractivity contribution is 4.53. The predicted octanol–water partition coefficient (Wildman–Crippen LogP) is 1.25. The maximum Gasteiger partial charge on any atom is 0.0587 e. The maximum atomic E-state index is 4.94. The Kier molecular flexibility index (Phi) is 10.9. The summed E-state index contributed by atoms with van der Waals surface area (Å²) in [5.41, 5.74) is 0. The van der Waals surface area contributed by atoms with Crippen LogP contribution in [0.1, 0.15) is 26.7 Å². The lowest BCUT2D eigenvalue weighted by Crippen LogP contribution is -2.25. The van der Waals surface area contributed by atoms with E-state index in [0.717, 1.165) is 38.7 Å². The first kappa shape index (κ1) is 13.9. The lowest BCUT2D eigenvalue weighted by Gasteiger charge is -2.07.